The molecule has 0 aliphatic carbocycles. The number of amidine groups is 1. The minimum atomic E-state index is 0.119. The molecule has 1 atom stereocenters. The fourth-order valence-corrected chi connectivity index (χ4v) is 3.53. The third kappa shape index (κ3) is 11.4. The number of aliphatic imine (C=N–C) groups is 1. The maximum Gasteiger partial charge on any atom is 0.100 e. The average Bonchev–Trinajstić information content (AvgIpc) is 3.07. The van der Waals surface area contributed by atoms with Crippen molar-refractivity contribution in [2.24, 2.45) is 10.7 Å². The smallest absolute Gasteiger partial charge is 0.100 e. The normalized spacial score (nSPS) is 16.0. The van der Waals surface area contributed by atoms with Crippen molar-refractivity contribution in [3.63, 3.8) is 0 Å². The summed E-state index contributed by atoms with van der Waals surface area (Å²) in [6.45, 7) is 6.25. The minimum Gasteiger partial charge on any atom is -0.343 e. The molecule has 1 aliphatic rings. The van der Waals surface area contributed by atoms with Crippen LogP contribution in [0.25, 0.3) is 0 Å². The molecule has 1 rings (SSSR count). The molecule has 0 spiro atoms. The van der Waals surface area contributed by atoms with Crippen LogP contribution < -0.4 is 5.73 Å². The van der Waals surface area contributed by atoms with E-state index < -0.39 is 0 Å². The molecular weight excluding hydrogens is 306 g/mol. The second-order valence-electron chi connectivity index (χ2n) is 7.57. The summed E-state index contributed by atoms with van der Waals surface area (Å²) in [5.41, 5.74) is 5.99. The first kappa shape index (κ1) is 22.2. The molecule has 0 saturated heterocycles. The van der Waals surface area contributed by atoms with Crippen LogP contribution in [0, 0.1) is 0 Å². The Labute approximate surface area is 157 Å². The summed E-state index contributed by atoms with van der Waals surface area (Å²) in [4.78, 5) is 6.86. The van der Waals surface area contributed by atoms with Gasteiger partial charge in [-0.15, -0.1) is 0 Å². The molecule has 0 bridgehead atoms. The molecule has 25 heavy (non-hydrogen) atoms. The highest BCUT2D eigenvalue weighted by atomic mass is 15.3. The van der Waals surface area contributed by atoms with E-state index in [0.717, 1.165) is 19.5 Å². The van der Waals surface area contributed by atoms with E-state index in [2.05, 4.69) is 35.9 Å². The Morgan fingerprint density at radius 3 is 2.08 bits per heavy atom. The van der Waals surface area contributed by atoms with Crippen LogP contribution in [0.5, 0.6) is 0 Å². The van der Waals surface area contributed by atoms with Crippen LogP contribution in [0.3, 0.4) is 0 Å². The molecule has 3 heteroatoms. The summed E-state index contributed by atoms with van der Waals surface area (Å²) in [6.07, 6.45) is 23.6. The maximum atomic E-state index is 5.99. The lowest BCUT2D eigenvalue weighted by atomic mass is 10.0. The third-order valence-electron chi connectivity index (χ3n) is 5.10. The summed E-state index contributed by atoms with van der Waals surface area (Å²) < 4.78 is 0. The van der Waals surface area contributed by atoms with Crippen molar-refractivity contribution in [2.75, 3.05) is 13.1 Å². The number of unbranched alkanes of at least 4 members (excludes halogenated alkanes) is 11. The molecule has 0 aromatic rings. The first-order chi connectivity index (χ1) is 12.3. The molecule has 146 valence electrons. The van der Waals surface area contributed by atoms with Crippen molar-refractivity contribution >= 4 is 5.84 Å². The van der Waals surface area contributed by atoms with Gasteiger partial charge in [0, 0.05) is 13.0 Å². The van der Waals surface area contributed by atoms with Crippen LogP contribution in [0.15, 0.2) is 17.1 Å². The van der Waals surface area contributed by atoms with Crippen molar-refractivity contribution in [1.82, 2.24) is 4.90 Å². The number of hydrogen-bond donors (Lipinski definition) is 1. The largest absolute Gasteiger partial charge is 0.343 e. The molecule has 1 unspecified atom stereocenters. The lowest BCUT2D eigenvalue weighted by Crippen LogP contribution is -2.41. The zero-order valence-electron chi connectivity index (χ0n) is 17.0. The first-order valence-electron chi connectivity index (χ1n) is 11.0. The van der Waals surface area contributed by atoms with Crippen LogP contribution in [0.4, 0.5) is 0 Å². The van der Waals surface area contributed by atoms with Gasteiger partial charge in [0.15, 0.2) is 0 Å². The number of rotatable bonds is 16. The maximum absolute atomic E-state index is 5.99. The molecule has 3 nitrogen and oxygen atoms in total. The van der Waals surface area contributed by atoms with Crippen molar-refractivity contribution in [1.29, 1.82) is 0 Å². The van der Waals surface area contributed by atoms with Crippen LogP contribution in [-0.2, 0) is 0 Å². The molecule has 0 radical (unpaired) electrons. The Bertz CT molecular complexity index is 360. The Morgan fingerprint density at radius 2 is 1.48 bits per heavy atom. The van der Waals surface area contributed by atoms with Crippen LogP contribution in [0.2, 0.25) is 0 Å². The summed E-state index contributed by atoms with van der Waals surface area (Å²) >= 11 is 0. The Kier molecular flexibility index (Phi) is 13.7. The van der Waals surface area contributed by atoms with Gasteiger partial charge in [-0.2, -0.15) is 0 Å². The van der Waals surface area contributed by atoms with Gasteiger partial charge in [0.05, 0.1) is 12.7 Å². The minimum absolute atomic E-state index is 0.119. The number of nitrogens with two attached hydrogens (primary N) is 1. The number of allylic oxidation sites excluding steroid dienone is 2. The molecule has 0 aromatic carbocycles. The molecule has 0 amide bonds. The Hall–Kier alpha value is -0.830. The summed E-state index contributed by atoms with van der Waals surface area (Å²) in [7, 11) is 0. The molecular formula is C22H43N3. The molecule has 0 saturated carbocycles. The van der Waals surface area contributed by atoms with E-state index in [-0.39, 0.29) is 6.17 Å². The van der Waals surface area contributed by atoms with Gasteiger partial charge >= 0.3 is 0 Å². The highest BCUT2D eigenvalue weighted by molar-refractivity contribution is 5.83. The fraction of sp³-hybridized carbons (Fsp3) is 0.864. The van der Waals surface area contributed by atoms with Gasteiger partial charge in [0.2, 0.25) is 0 Å². The monoisotopic (exact) mass is 349 g/mol. The van der Waals surface area contributed by atoms with Gasteiger partial charge in [-0.3, -0.25) is 4.99 Å². The van der Waals surface area contributed by atoms with Gasteiger partial charge in [-0.25, -0.2) is 0 Å². The third-order valence-corrected chi connectivity index (χ3v) is 5.10. The van der Waals surface area contributed by atoms with E-state index in [1.165, 1.54) is 89.3 Å². The van der Waals surface area contributed by atoms with E-state index in [1.54, 1.807) is 0 Å². The van der Waals surface area contributed by atoms with Crippen molar-refractivity contribution in [3.8, 4) is 0 Å². The van der Waals surface area contributed by atoms with E-state index in [4.69, 9.17) is 5.73 Å². The lowest BCUT2D eigenvalue weighted by molar-refractivity contribution is 0.358. The zero-order valence-corrected chi connectivity index (χ0v) is 17.0. The topological polar surface area (TPSA) is 41.6 Å². The summed E-state index contributed by atoms with van der Waals surface area (Å²) in [5, 5.41) is 0. The van der Waals surface area contributed by atoms with Gasteiger partial charge < -0.3 is 10.6 Å². The second-order valence-corrected chi connectivity index (χ2v) is 7.57. The van der Waals surface area contributed by atoms with Crippen LogP contribution in [0.1, 0.15) is 104 Å². The predicted octanol–water partition coefficient (Wildman–Crippen LogP) is 6.04. The van der Waals surface area contributed by atoms with Gasteiger partial charge in [-0.05, 0) is 32.6 Å². The molecule has 1 heterocycles. The van der Waals surface area contributed by atoms with Crippen LogP contribution >= 0.6 is 0 Å². The molecule has 1 aliphatic heterocycles. The summed E-state index contributed by atoms with van der Waals surface area (Å²) in [6, 6.07) is 0. The lowest BCUT2D eigenvalue weighted by Gasteiger charge is -2.24. The van der Waals surface area contributed by atoms with Crippen LogP contribution in [-0.4, -0.2) is 30.0 Å². The van der Waals surface area contributed by atoms with E-state index in [9.17, 15) is 0 Å². The number of hydrogen-bond acceptors (Lipinski definition) is 3. The first-order valence-corrected chi connectivity index (χ1v) is 11.0. The molecule has 0 aromatic heterocycles. The Morgan fingerprint density at radius 1 is 0.920 bits per heavy atom. The van der Waals surface area contributed by atoms with E-state index in [1.807, 2.05) is 0 Å². The predicted molar refractivity (Wildman–Crippen MR) is 112 cm³/mol. The quantitative estimate of drug-likeness (QED) is 0.272. The molecule has 0 fully saturated rings. The summed E-state index contributed by atoms with van der Waals surface area (Å²) in [5.74, 6) is 1.25. The SMILES string of the molecule is CCC/C=C/CCCCCCCCCCCCC1=NCCN1C(C)N. The van der Waals surface area contributed by atoms with E-state index >= 15 is 0 Å². The van der Waals surface area contributed by atoms with Crippen molar-refractivity contribution in [3.05, 3.63) is 12.2 Å². The van der Waals surface area contributed by atoms with Crippen molar-refractivity contribution in [2.45, 2.75) is 110 Å². The van der Waals surface area contributed by atoms with E-state index in [0.29, 0.717) is 0 Å². The zero-order chi connectivity index (χ0) is 18.2. The highest BCUT2D eigenvalue weighted by Gasteiger charge is 2.18. The number of nitrogens with zero attached hydrogens (tertiary/aromatic N) is 2. The van der Waals surface area contributed by atoms with Gasteiger partial charge in [0.1, 0.15) is 5.84 Å². The Balaban J connectivity index is 1.80. The second kappa shape index (κ2) is 15.4. The van der Waals surface area contributed by atoms with Gasteiger partial charge in [-0.1, -0.05) is 76.9 Å². The fourth-order valence-electron chi connectivity index (χ4n) is 3.53. The average molecular weight is 350 g/mol. The standard InChI is InChI=1S/C22H43N3/c1-3-4-5-6-7-8-9-10-11-12-13-14-15-16-17-18-22-24-19-20-25(22)21(2)23/h5-6,21H,3-4,7-20,23H2,1-2H3/b6-5+. The van der Waals surface area contributed by atoms with Crippen molar-refractivity contribution < 1.29 is 0 Å². The molecule has 2 N–H and O–H groups in total. The van der Waals surface area contributed by atoms with Gasteiger partial charge in [0.25, 0.3) is 0 Å². The highest BCUT2D eigenvalue weighted by Crippen LogP contribution is 2.14.